The number of rotatable bonds is 7. The summed E-state index contributed by atoms with van der Waals surface area (Å²) < 4.78 is 26.7. The molecule has 0 radical (unpaired) electrons. The molecule has 10 nitrogen and oxygen atoms in total. The highest BCUT2D eigenvalue weighted by Crippen LogP contribution is 2.25. The molecule has 0 aliphatic carbocycles. The first-order chi connectivity index (χ1) is 15.9. The van der Waals surface area contributed by atoms with Gasteiger partial charge in [-0.05, 0) is 30.3 Å². The van der Waals surface area contributed by atoms with Crippen molar-refractivity contribution in [3.05, 3.63) is 72.3 Å². The van der Waals surface area contributed by atoms with Gasteiger partial charge in [-0.2, -0.15) is 0 Å². The maximum Gasteiger partial charge on any atom is 0.414 e. The van der Waals surface area contributed by atoms with Crippen LogP contribution in [0.4, 0.5) is 14.9 Å². The Morgan fingerprint density at radius 2 is 2.06 bits per heavy atom. The average molecular weight is 453 g/mol. The second-order valence-corrected chi connectivity index (χ2v) is 7.27. The van der Waals surface area contributed by atoms with E-state index in [9.17, 15) is 18.8 Å². The minimum absolute atomic E-state index is 0.0802. The molecule has 1 atom stereocenters. The number of aromatic nitrogens is 3. The van der Waals surface area contributed by atoms with E-state index >= 15 is 0 Å². The predicted octanol–water partition coefficient (Wildman–Crippen LogP) is 2.22. The zero-order valence-electron chi connectivity index (χ0n) is 17.6. The first kappa shape index (κ1) is 21.9. The number of carbonyl (C=O) groups excluding carboxylic acids is 3. The van der Waals surface area contributed by atoms with Crippen LogP contribution in [0.25, 0.3) is 5.69 Å². The summed E-state index contributed by atoms with van der Waals surface area (Å²) in [6.07, 6.45) is 4.80. The zero-order chi connectivity index (χ0) is 23.4. The van der Waals surface area contributed by atoms with Gasteiger partial charge in [0.2, 0.25) is 5.91 Å². The number of imidazole rings is 1. The minimum Gasteiger partial charge on any atom is -0.456 e. The highest BCUT2D eigenvalue weighted by Gasteiger charge is 2.32. The summed E-state index contributed by atoms with van der Waals surface area (Å²) in [4.78, 5) is 44.5. The van der Waals surface area contributed by atoms with Gasteiger partial charge in [-0.25, -0.2) is 19.0 Å². The molecule has 11 heteroatoms. The third-order valence-electron chi connectivity index (χ3n) is 4.88. The van der Waals surface area contributed by atoms with Crippen molar-refractivity contribution in [2.75, 3.05) is 18.0 Å². The van der Waals surface area contributed by atoms with E-state index in [0.717, 1.165) is 0 Å². The third-order valence-corrected chi connectivity index (χ3v) is 4.88. The van der Waals surface area contributed by atoms with Gasteiger partial charge in [0.15, 0.2) is 0 Å². The SMILES string of the molecule is CC(=O)NCC1CN(c2ccc(-n3cnc(COC(=O)c4ccncc4)c3)c(F)c2)C(=O)O1. The summed E-state index contributed by atoms with van der Waals surface area (Å²) in [7, 11) is 0. The van der Waals surface area contributed by atoms with Crippen LogP contribution in [0.15, 0.2) is 55.2 Å². The molecule has 0 saturated carbocycles. The van der Waals surface area contributed by atoms with Crippen molar-refractivity contribution in [2.45, 2.75) is 19.6 Å². The van der Waals surface area contributed by atoms with E-state index in [0.29, 0.717) is 16.9 Å². The Bertz CT molecular complexity index is 1180. The van der Waals surface area contributed by atoms with E-state index in [-0.39, 0.29) is 31.3 Å². The number of cyclic esters (lactones) is 1. The number of nitrogens with zero attached hydrogens (tertiary/aromatic N) is 4. The van der Waals surface area contributed by atoms with Gasteiger partial charge in [-0.1, -0.05) is 0 Å². The summed E-state index contributed by atoms with van der Waals surface area (Å²) >= 11 is 0. The van der Waals surface area contributed by atoms with Crippen LogP contribution in [0.1, 0.15) is 23.0 Å². The minimum atomic E-state index is -0.613. The van der Waals surface area contributed by atoms with Crippen LogP contribution in [0, 0.1) is 5.82 Å². The highest BCUT2D eigenvalue weighted by atomic mass is 19.1. The number of pyridine rings is 1. The van der Waals surface area contributed by atoms with E-state index in [1.807, 2.05) is 0 Å². The summed E-state index contributed by atoms with van der Waals surface area (Å²) in [5.41, 5.74) is 1.34. The molecule has 2 aromatic heterocycles. The van der Waals surface area contributed by atoms with Crippen LogP contribution in [-0.2, 0) is 20.9 Å². The third kappa shape index (κ3) is 5.14. The lowest BCUT2D eigenvalue weighted by Crippen LogP contribution is -2.33. The van der Waals surface area contributed by atoms with Gasteiger partial charge in [0.1, 0.15) is 18.5 Å². The number of nitrogens with one attached hydrogen (secondary N) is 1. The number of benzene rings is 1. The zero-order valence-corrected chi connectivity index (χ0v) is 17.6. The van der Waals surface area contributed by atoms with Gasteiger partial charge in [0.25, 0.3) is 0 Å². The van der Waals surface area contributed by atoms with Crippen LogP contribution in [0.3, 0.4) is 0 Å². The Kier molecular flexibility index (Phi) is 6.29. The number of amides is 2. The van der Waals surface area contributed by atoms with E-state index in [1.165, 1.54) is 59.4 Å². The van der Waals surface area contributed by atoms with Crippen LogP contribution in [0.2, 0.25) is 0 Å². The molecule has 1 saturated heterocycles. The highest BCUT2D eigenvalue weighted by molar-refractivity contribution is 5.90. The summed E-state index contributed by atoms with van der Waals surface area (Å²) in [6, 6.07) is 7.39. The van der Waals surface area contributed by atoms with Crippen LogP contribution in [-0.4, -0.2) is 51.7 Å². The van der Waals surface area contributed by atoms with E-state index in [4.69, 9.17) is 9.47 Å². The second kappa shape index (κ2) is 9.47. The molecule has 3 heterocycles. The Balaban J connectivity index is 1.40. The molecule has 1 unspecified atom stereocenters. The fourth-order valence-corrected chi connectivity index (χ4v) is 3.25. The first-order valence-electron chi connectivity index (χ1n) is 10.0. The number of halogens is 1. The van der Waals surface area contributed by atoms with Gasteiger partial charge >= 0.3 is 12.1 Å². The van der Waals surface area contributed by atoms with Crippen molar-refractivity contribution in [3.8, 4) is 5.69 Å². The molecule has 33 heavy (non-hydrogen) atoms. The summed E-state index contributed by atoms with van der Waals surface area (Å²) in [6.45, 7) is 1.66. The fourth-order valence-electron chi connectivity index (χ4n) is 3.25. The Labute approximate surface area is 188 Å². The lowest BCUT2D eigenvalue weighted by molar-refractivity contribution is -0.119. The van der Waals surface area contributed by atoms with Crippen LogP contribution in [0.5, 0.6) is 0 Å². The van der Waals surface area contributed by atoms with E-state index < -0.39 is 24.0 Å². The number of hydrogen-bond donors (Lipinski definition) is 1. The molecule has 1 aliphatic heterocycles. The van der Waals surface area contributed by atoms with Crippen molar-refractivity contribution in [3.63, 3.8) is 0 Å². The maximum atomic E-state index is 14.8. The molecule has 2 amide bonds. The van der Waals surface area contributed by atoms with Crippen molar-refractivity contribution in [2.24, 2.45) is 0 Å². The Morgan fingerprint density at radius 1 is 1.27 bits per heavy atom. The number of hydrogen-bond acceptors (Lipinski definition) is 7. The van der Waals surface area contributed by atoms with Crippen molar-refractivity contribution in [1.82, 2.24) is 19.9 Å². The monoisotopic (exact) mass is 453 g/mol. The molecule has 0 bridgehead atoms. The molecular weight excluding hydrogens is 433 g/mol. The Hall–Kier alpha value is -4.28. The van der Waals surface area contributed by atoms with Crippen LogP contribution >= 0.6 is 0 Å². The molecule has 4 rings (SSSR count). The summed E-state index contributed by atoms with van der Waals surface area (Å²) in [5, 5.41) is 2.59. The quantitative estimate of drug-likeness (QED) is 0.546. The standard InChI is InChI=1S/C22H20FN5O5/c1-14(29)25-9-18-11-28(22(31)33-18)17-2-3-20(19(23)8-17)27-10-16(26-13-27)12-32-21(30)15-4-6-24-7-5-15/h2-8,10,13,18H,9,11-12H2,1H3,(H,25,29). The largest absolute Gasteiger partial charge is 0.456 e. The molecule has 1 fully saturated rings. The summed E-state index contributed by atoms with van der Waals surface area (Å²) in [5.74, 6) is -1.33. The van der Waals surface area contributed by atoms with Gasteiger partial charge in [0, 0.05) is 25.5 Å². The number of anilines is 1. The number of carbonyl (C=O) groups is 3. The van der Waals surface area contributed by atoms with Crippen LogP contribution < -0.4 is 10.2 Å². The molecule has 1 aromatic carbocycles. The van der Waals surface area contributed by atoms with E-state index in [1.54, 1.807) is 12.3 Å². The molecule has 3 aromatic rings. The van der Waals surface area contributed by atoms with Gasteiger partial charge in [0.05, 0.1) is 42.0 Å². The fraction of sp³-hybridized carbons (Fsp3) is 0.227. The molecule has 0 spiro atoms. The lowest BCUT2D eigenvalue weighted by Gasteiger charge is -2.14. The molecule has 1 aliphatic rings. The normalized spacial score (nSPS) is 15.3. The average Bonchev–Trinajstić information content (AvgIpc) is 3.43. The van der Waals surface area contributed by atoms with Crippen molar-refractivity contribution < 1.29 is 28.2 Å². The molecular formula is C22H20FN5O5. The maximum absolute atomic E-state index is 14.8. The Morgan fingerprint density at radius 3 is 2.79 bits per heavy atom. The molecule has 170 valence electrons. The van der Waals surface area contributed by atoms with E-state index in [2.05, 4.69) is 15.3 Å². The van der Waals surface area contributed by atoms with Gasteiger partial charge < -0.3 is 19.4 Å². The topological polar surface area (TPSA) is 116 Å². The number of ether oxygens (including phenoxy) is 2. The first-order valence-corrected chi connectivity index (χ1v) is 10.0. The molecule has 1 N–H and O–H groups in total. The van der Waals surface area contributed by atoms with Gasteiger partial charge in [-0.15, -0.1) is 0 Å². The lowest BCUT2D eigenvalue weighted by atomic mass is 10.2. The smallest absolute Gasteiger partial charge is 0.414 e. The predicted molar refractivity (Wildman–Crippen MR) is 113 cm³/mol. The van der Waals surface area contributed by atoms with Crippen molar-refractivity contribution in [1.29, 1.82) is 0 Å². The second-order valence-electron chi connectivity index (χ2n) is 7.27. The van der Waals surface area contributed by atoms with Gasteiger partial charge in [-0.3, -0.25) is 14.7 Å². The van der Waals surface area contributed by atoms with Crippen molar-refractivity contribution >= 4 is 23.7 Å². The number of esters is 1.